The van der Waals surface area contributed by atoms with Crippen molar-refractivity contribution in [2.45, 2.75) is 53.6 Å². The van der Waals surface area contributed by atoms with Crippen LogP contribution in [0.15, 0.2) is 0 Å². The Bertz CT molecular complexity index is 257. The van der Waals surface area contributed by atoms with E-state index in [9.17, 15) is 4.79 Å². The van der Waals surface area contributed by atoms with Crippen molar-refractivity contribution < 1.29 is 14.3 Å². The second-order valence-corrected chi connectivity index (χ2v) is 6.74. The lowest BCUT2D eigenvalue weighted by atomic mass is 9.89. The number of rotatable bonds is 2. The molecule has 0 unspecified atom stereocenters. The summed E-state index contributed by atoms with van der Waals surface area (Å²) in [5.74, 6) is 1.20. The van der Waals surface area contributed by atoms with Gasteiger partial charge in [-0.1, -0.05) is 20.8 Å². The fourth-order valence-electron chi connectivity index (χ4n) is 1.95. The molecule has 0 aromatic heterocycles. The second kappa shape index (κ2) is 4.27. The number of hydrogen-bond donors (Lipinski definition) is 0. The smallest absolute Gasteiger partial charge is 0.434 e. The largest absolute Gasteiger partial charge is 0.508 e. The van der Waals surface area contributed by atoms with Crippen LogP contribution < -0.4 is 0 Å². The van der Waals surface area contributed by atoms with Crippen molar-refractivity contribution in [2.75, 3.05) is 6.61 Å². The maximum Gasteiger partial charge on any atom is 0.508 e. The maximum atomic E-state index is 11.3. The standard InChI is InChI=1S/C13H24O3/c1-12(2,3)10-7-9(10)8-15-11(14)16-13(4,5)6/h9-10H,7-8H2,1-6H3/t9-,10-/m1/s1. The van der Waals surface area contributed by atoms with Crippen LogP contribution in [-0.4, -0.2) is 18.4 Å². The van der Waals surface area contributed by atoms with Crippen molar-refractivity contribution in [3.63, 3.8) is 0 Å². The Morgan fingerprint density at radius 2 is 1.75 bits per heavy atom. The van der Waals surface area contributed by atoms with E-state index in [1.807, 2.05) is 20.8 Å². The Balaban J connectivity index is 2.21. The van der Waals surface area contributed by atoms with E-state index in [2.05, 4.69) is 20.8 Å². The van der Waals surface area contributed by atoms with E-state index in [4.69, 9.17) is 9.47 Å². The monoisotopic (exact) mass is 228 g/mol. The van der Waals surface area contributed by atoms with Crippen LogP contribution in [0.2, 0.25) is 0 Å². The predicted octanol–water partition coefficient (Wildman–Crippen LogP) is 3.62. The van der Waals surface area contributed by atoms with Crippen molar-refractivity contribution >= 4 is 6.16 Å². The Hall–Kier alpha value is -0.730. The lowest BCUT2D eigenvalue weighted by Crippen LogP contribution is -2.25. The van der Waals surface area contributed by atoms with Crippen LogP contribution in [0.3, 0.4) is 0 Å². The third-order valence-electron chi connectivity index (χ3n) is 2.84. The van der Waals surface area contributed by atoms with Gasteiger partial charge in [0.2, 0.25) is 0 Å². The van der Waals surface area contributed by atoms with Crippen LogP contribution in [0, 0.1) is 17.3 Å². The van der Waals surface area contributed by atoms with E-state index < -0.39 is 11.8 Å². The minimum atomic E-state index is -0.549. The quantitative estimate of drug-likeness (QED) is 0.677. The van der Waals surface area contributed by atoms with E-state index in [1.165, 1.54) is 0 Å². The van der Waals surface area contributed by atoms with Gasteiger partial charge in [-0.25, -0.2) is 4.79 Å². The first kappa shape index (κ1) is 13.3. The van der Waals surface area contributed by atoms with Gasteiger partial charge in [-0.2, -0.15) is 0 Å². The van der Waals surface area contributed by atoms with Gasteiger partial charge in [0, 0.05) is 0 Å². The van der Waals surface area contributed by atoms with Crippen molar-refractivity contribution in [2.24, 2.45) is 17.3 Å². The minimum Gasteiger partial charge on any atom is -0.434 e. The molecule has 0 aromatic rings. The molecule has 1 saturated carbocycles. The summed E-state index contributed by atoms with van der Waals surface area (Å²) in [6, 6.07) is 0. The number of carbonyl (C=O) groups is 1. The van der Waals surface area contributed by atoms with Gasteiger partial charge in [0.1, 0.15) is 5.60 Å². The zero-order chi connectivity index (χ0) is 12.6. The molecule has 16 heavy (non-hydrogen) atoms. The summed E-state index contributed by atoms with van der Waals surface area (Å²) < 4.78 is 10.2. The van der Waals surface area contributed by atoms with E-state index in [0.717, 1.165) is 6.42 Å². The van der Waals surface area contributed by atoms with Gasteiger partial charge in [0.05, 0.1) is 6.61 Å². The van der Waals surface area contributed by atoms with Gasteiger partial charge < -0.3 is 9.47 Å². The molecular weight excluding hydrogens is 204 g/mol. The normalized spacial score (nSPS) is 25.1. The molecule has 3 nitrogen and oxygen atoms in total. The van der Waals surface area contributed by atoms with Crippen molar-refractivity contribution in [3.05, 3.63) is 0 Å². The molecule has 1 rings (SSSR count). The molecule has 2 atom stereocenters. The van der Waals surface area contributed by atoms with Crippen LogP contribution in [-0.2, 0) is 9.47 Å². The van der Waals surface area contributed by atoms with Crippen LogP contribution in [0.1, 0.15) is 48.0 Å². The second-order valence-electron chi connectivity index (χ2n) is 6.74. The van der Waals surface area contributed by atoms with Crippen LogP contribution in [0.25, 0.3) is 0 Å². The highest BCUT2D eigenvalue weighted by Gasteiger charge is 2.45. The first-order valence-corrected chi connectivity index (χ1v) is 5.95. The first-order chi connectivity index (χ1) is 7.09. The molecule has 0 N–H and O–H groups in total. The lowest BCUT2D eigenvalue weighted by molar-refractivity contribution is -0.0101. The number of carbonyl (C=O) groups excluding carboxylic acids is 1. The molecule has 0 aromatic carbocycles. The third kappa shape index (κ3) is 4.42. The Morgan fingerprint density at radius 1 is 1.19 bits per heavy atom. The molecule has 1 aliphatic carbocycles. The Labute approximate surface area is 98.5 Å². The lowest BCUT2D eigenvalue weighted by Gasteiger charge is -2.20. The van der Waals surface area contributed by atoms with Crippen molar-refractivity contribution in [3.8, 4) is 0 Å². The highest BCUT2D eigenvalue weighted by molar-refractivity contribution is 5.60. The van der Waals surface area contributed by atoms with Crippen molar-refractivity contribution in [1.82, 2.24) is 0 Å². The van der Waals surface area contributed by atoms with Crippen molar-refractivity contribution in [1.29, 1.82) is 0 Å². The molecule has 0 radical (unpaired) electrons. The topological polar surface area (TPSA) is 35.5 Å². The summed E-state index contributed by atoms with van der Waals surface area (Å²) in [5, 5.41) is 0. The molecule has 3 heteroatoms. The van der Waals surface area contributed by atoms with Gasteiger partial charge in [-0.3, -0.25) is 0 Å². The van der Waals surface area contributed by atoms with E-state index >= 15 is 0 Å². The summed E-state index contributed by atoms with van der Waals surface area (Å²) in [6.07, 6.45) is 0.610. The Kier molecular flexibility index (Phi) is 3.56. The average molecular weight is 228 g/mol. The Morgan fingerprint density at radius 3 is 2.12 bits per heavy atom. The number of hydrogen-bond acceptors (Lipinski definition) is 3. The van der Waals surface area contributed by atoms with E-state index in [-0.39, 0.29) is 0 Å². The molecule has 0 heterocycles. The highest BCUT2D eigenvalue weighted by atomic mass is 16.7. The number of ether oxygens (including phenoxy) is 2. The summed E-state index contributed by atoms with van der Waals surface area (Å²) in [5.41, 5.74) is -0.147. The zero-order valence-electron chi connectivity index (χ0n) is 11.3. The van der Waals surface area contributed by atoms with Crippen LogP contribution in [0.5, 0.6) is 0 Å². The highest BCUT2D eigenvalue weighted by Crippen LogP contribution is 2.50. The maximum absolute atomic E-state index is 11.3. The molecule has 1 fully saturated rings. The van der Waals surface area contributed by atoms with Gasteiger partial charge in [0.25, 0.3) is 0 Å². The fourth-order valence-corrected chi connectivity index (χ4v) is 1.95. The summed E-state index contributed by atoms with van der Waals surface area (Å²) in [6.45, 7) is 12.7. The molecule has 0 saturated heterocycles. The molecule has 94 valence electrons. The summed E-state index contributed by atoms with van der Waals surface area (Å²) >= 11 is 0. The van der Waals surface area contributed by atoms with E-state index in [0.29, 0.717) is 23.9 Å². The van der Waals surface area contributed by atoms with Gasteiger partial charge >= 0.3 is 6.16 Å². The van der Waals surface area contributed by atoms with Gasteiger partial charge in [0.15, 0.2) is 0 Å². The molecule has 0 amide bonds. The molecule has 0 aliphatic heterocycles. The zero-order valence-corrected chi connectivity index (χ0v) is 11.3. The summed E-state index contributed by atoms with van der Waals surface area (Å²) in [7, 11) is 0. The summed E-state index contributed by atoms with van der Waals surface area (Å²) in [4.78, 5) is 11.3. The van der Waals surface area contributed by atoms with E-state index in [1.54, 1.807) is 0 Å². The van der Waals surface area contributed by atoms with Crippen LogP contribution >= 0.6 is 0 Å². The molecule has 1 aliphatic rings. The van der Waals surface area contributed by atoms with Crippen LogP contribution in [0.4, 0.5) is 4.79 Å². The predicted molar refractivity (Wildman–Crippen MR) is 63.2 cm³/mol. The molecule has 0 spiro atoms. The minimum absolute atomic E-state index is 0.321. The molecule has 0 bridgehead atoms. The molecular formula is C13H24O3. The third-order valence-corrected chi connectivity index (χ3v) is 2.84. The van der Waals surface area contributed by atoms with Gasteiger partial charge in [-0.15, -0.1) is 0 Å². The SMILES string of the molecule is CC(C)(C)OC(=O)OC[C@H]1C[C@H]1C(C)(C)C. The first-order valence-electron chi connectivity index (χ1n) is 5.95. The average Bonchev–Trinajstić information content (AvgIpc) is 2.74. The fraction of sp³-hybridized carbons (Fsp3) is 0.923. The van der Waals surface area contributed by atoms with Gasteiger partial charge in [-0.05, 0) is 44.4 Å².